The second kappa shape index (κ2) is 8.97. The van der Waals surface area contributed by atoms with Crippen molar-refractivity contribution in [2.24, 2.45) is 5.92 Å². The molecule has 39 heavy (non-hydrogen) atoms. The van der Waals surface area contributed by atoms with Crippen LogP contribution in [0.4, 0.5) is 10.2 Å². The molecule has 2 aromatic carbocycles. The number of pyridine rings is 2. The Labute approximate surface area is 226 Å². The molecule has 5 heterocycles. The summed E-state index contributed by atoms with van der Waals surface area (Å²) in [6, 6.07) is 14.3. The monoisotopic (exact) mass is 521 g/mol. The number of halogens is 1. The van der Waals surface area contributed by atoms with Crippen LogP contribution < -0.4 is 9.64 Å². The Kier molecular flexibility index (Phi) is 5.51. The first-order valence-corrected chi connectivity index (χ1v) is 13.8. The molecular formula is C32H32FN5O. The van der Waals surface area contributed by atoms with Gasteiger partial charge in [0.2, 0.25) is 0 Å². The third-order valence-corrected chi connectivity index (χ3v) is 7.91. The third kappa shape index (κ3) is 3.74. The van der Waals surface area contributed by atoms with Crippen LogP contribution in [-0.4, -0.2) is 32.7 Å². The van der Waals surface area contributed by atoms with E-state index in [2.05, 4.69) is 82.5 Å². The van der Waals surface area contributed by atoms with Gasteiger partial charge >= 0.3 is 0 Å². The van der Waals surface area contributed by atoms with Crippen molar-refractivity contribution < 1.29 is 9.13 Å². The van der Waals surface area contributed by atoms with Crippen LogP contribution in [-0.2, 0) is 13.0 Å². The number of hydrogen-bond acceptors (Lipinski definition) is 4. The maximum atomic E-state index is 15.3. The van der Waals surface area contributed by atoms with Gasteiger partial charge in [-0.1, -0.05) is 45.9 Å². The molecule has 0 saturated heterocycles. The maximum absolute atomic E-state index is 15.3. The Morgan fingerprint density at radius 3 is 2.67 bits per heavy atom. The number of rotatable bonds is 5. The molecule has 6 aromatic rings. The molecule has 0 saturated carbocycles. The van der Waals surface area contributed by atoms with Crippen molar-refractivity contribution in [1.29, 1.82) is 0 Å². The zero-order valence-corrected chi connectivity index (χ0v) is 22.8. The summed E-state index contributed by atoms with van der Waals surface area (Å²) in [4.78, 5) is 11.2. The molecule has 0 spiro atoms. The van der Waals surface area contributed by atoms with Gasteiger partial charge in [-0.05, 0) is 47.1 Å². The van der Waals surface area contributed by atoms with E-state index in [0.717, 1.165) is 67.1 Å². The van der Waals surface area contributed by atoms with Gasteiger partial charge in [0.25, 0.3) is 0 Å². The average Bonchev–Trinajstić information content (AvgIpc) is 3.56. The largest absolute Gasteiger partial charge is 0.491 e. The van der Waals surface area contributed by atoms with Gasteiger partial charge in [-0.2, -0.15) is 0 Å². The molecular weight excluding hydrogens is 489 g/mol. The number of anilines is 1. The van der Waals surface area contributed by atoms with E-state index in [0.29, 0.717) is 31.4 Å². The van der Waals surface area contributed by atoms with E-state index < -0.39 is 0 Å². The molecule has 1 aliphatic rings. The van der Waals surface area contributed by atoms with E-state index in [4.69, 9.17) is 4.74 Å². The van der Waals surface area contributed by atoms with E-state index in [1.54, 1.807) is 6.07 Å². The minimum atomic E-state index is -0.264. The van der Waals surface area contributed by atoms with Crippen molar-refractivity contribution in [3.8, 4) is 5.75 Å². The van der Waals surface area contributed by atoms with Crippen molar-refractivity contribution >= 4 is 43.9 Å². The van der Waals surface area contributed by atoms with Crippen molar-refractivity contribution in [2.75, 3.05) is 18.1 Å². The van der Waals surface area contributed by atoms with Crippen LogP contribution in [0.15, 0.2) is 54.9 Å². The fraction of sp³-hybridized carbons (Fsp3) is 0.312. The van der Waals surface area contributed by atoms with E-state index in [-0.39, 0.29) is 11.7 Å². The first-order valence-electron chi connectivity index (χ1n) is 13.8. The Balaban J connectivity index is 1.49. The van der Waals surface area contributed by atoms with E-state index in [9.17, 15) is 0 Å². The van der Waals surface area contributed by atoms with E-state index in [1.165, 1.54) is 0 Å². The highest BCUT2D eigenvalue weighted by molar-refractivity contribution is 6.23. The van der Waals surface area contributed by atoms with Crippen molar-refractivity contribution in [2.45, 2.75) is 46.6 Å². The number of para-hydroxylation sites is 1. The van der Waals surface area contributed by atoms with Gasteiger partial charge < -0.3 is 9.64 Å². The van der Waals surface area contributed by atoms with Gasteiger partial charge in [-0.3, -0.25) is 14.6 Å². The van der Waals surface area contributed by atoms with Crippen molar-refractivity contribution in [3.63, 3.8) is 0 Å². The molecule has 0 amide bonds. The summed E-state index contributed by atoms with van der Waals surface area (Å²) in [5.41, 5.74) is 6.32. The average molecular weight is 522 g/mol. The fourth-order valence-electron chi connectivity index (χ4n) is 5.94. The number of hydrogen-bond donors (Lipinski definition) is 1. The van der Waals surface area contributed by atoms with Crippen LogP contribution >= 0.6 is 0 Å². The number of H-pyrrole nitrogens is 1. The summed E-state index contributed by atoms with van der Waals surface area (Å²) in [6.07, 6.45) is 4.44. The number of aromatic amines is 1. The van der Waals surface area contributed by atoms with Gasteiger partial charge in [0.15, 0.2) is 11.6 Å². The maximum Gasteiger partial charge on any atom is 0.165 e. The smallest absolute Gasteiger partial charge is 0.165 e. The second-order valence-corrected chi connectivity index (χ2v) is 11.4. The summed E-state index contributed by atoms with van der Waals surface area (Å²) in [5, 5.41) is 8.27. The molecule has 0 radical (unpaired) electrons. The second-order valence-electron chi connectivity index (χ2n) is 11.4. The lowest BCUT2D eigenvalue weighted by atomic mass is 9.97. The first-order chi connectivity index (χ1) is 18.9. The SMILES string of the molecule is CC(C)COc1cccc2c3ccc4nccc4c3c3c4c([nH]n3c12)CCN(c1ncc(C(C)C)cc1F)C4. The standard InChI is InChI=1S/C32H32FN5O/c1-18(2)17-39-28-7-5-6-22-21-8-9-26-23(10-12-34-26)29(21)31-24-16-37(13-11-27(24)36-38(31)30(22)28)32-25(33)14-20(15-35-32)19(3)4/h5-10,12,14-15,18-19,36H,11,13,16-17H2,1-4H3. The number of benzene rings is 2. The number of nitrogens with zero attached hydrogens (tertiary/aromatic N) is 4. The van der Waals surface area contributed by atoms with Crippen molar-refractivity contribution in [1.82, 2.24) is 19.6 Å². The molecule has 0 atom stereocenters. The molecule has 0 unspecified atom stereocenters. The van der Waals surface area contributed by atoms with Crippen LogP contribution in [0.3, 0.4) is 0 Å². The van der Waals surface area contributed by atoms with Crippen LogP contribution in [0, 0.1) is 11.7 Å². The highest BCUT2D eigenvalue weighted by Gasteiger charge is 2.27. The fourth-order valence-corrected chi connectivity index (χ4v) is 5.94. The molecule has 1 aliphatic heterocycles. The lowest BCUT2D eigenvalue weighted by Crippen LogP contribution is -2.31. The summed E-state index contributed by atoms with van der Waals surface area (Å²) in [5.74, 6) is 1.64. The molecule has 198 valence electrons. The van der Waals surface area contributed by atoms with Gasteiger partial charge in [0.05, 0.1) is 17.6 Å². The van der Waals surface area contributed by atoms with Crippen LogP contribution in [0.2, 0.25) is 0 Å². The summed E-state index contributed by atoms with van der Waals surface area (Å²) in [6.45, 7) is 10.3. The minimum absolute atomic E-state index is 0.228. The predicted molar refractivity (Wildman–Crippen MR) is 155 cm³/mol. The van der Waals surface area contributed by atoms with Gasteiger partial charge in [0, 0.05) is 59.3 Å². The Morgan fingerprint density at radius 2 is 1.87 bits per heavy atom. The quantitative estimate of drug-likeness (QED) is 0.241. The molecule has 0 bridgehead atoms. The Hall–Kier alpha value is -4.13. The van der Waals surface area contributed by atoms with Crippen molar-refractivity contribution in [3.05, 3.63) is 77.5 Å². The lowest BCUT2D eigenvalue weighted by Gasteiger charge is -2.28. The third-order valence-electron chi connectivity index (χ3n) is 7.91. The van der Waals surface area contributed by atoms with Gasteiger partial charge in [-0.15, -0.1) is 0 Å². The lowest BCUT2D eigenvalue weighted by molar-refractivity contribution is 0.273. The number of nitrogens with one attached hydrogen (secondary N) is 1. The molecule has 7 heteroatoms. The van der Waals surface area contributed by atoms with E-state index in [1.807, 2.05) is 18.5 Å². The normalized spacial score (nSPS) is 14.0. The van der Waals surface area contributed by atoms with E-state index >= 15 is 4.39 Å². The minimum Gasteiger partial charge on any atom is -0.491 e. The molecule has 1 N–H and O–H groups in total. The number of aromatic nitrogens is 4. The highest BCUT2D eigenvalue weighted by atomic mass is 19.1. The summed E-state index contributed by atoms with van der Waals surface area (Å²) >= 11 is 0. The van der Waals surface area contributed by atoms with Gasteiger partial charge in [-0.25, -0.2) is 9.37 Å². The first kappa shape index (κ1) is 23.9. The highest BCUT2D eigenvalue weighted by Crippen LogP contribution is 2.41. The Bertz CT molecular complexity index is 1880. The summed E-state index contributed by atoms with van der Waals surface area (Å²) in [7, 11) is 0. The number of fused-ring (bicyclic) bond motifs is 10. The predicted octanol–water partition coefficient (Wildman–Crippen LogP) is 7.38. The van der Waals surface area contributed by atoms with Gasteiger partial charge in [0.1, 0.15) is 11.3 Å². The molecule has 4 aromatic heterocycles. The topological polar surface area (TPSA) is 58.4 Å². The number of ether oxygens (including phenoxy) is 1. The molecule has 6 nitrogen and oxygen atoms in total. The molecule has 0 fully saturated rings. The van der Waals surface area contributed by atoms with Crippen LogP contribution in [0.5, 0.6) is 5.75 Å². The molecule has 0 aliphatic carbocycles. The van der Waals surface area contributed by atoms with Crippen LogP contribution in [0.1, 0.15) is 50.4 Å². The summed E-state index contributed by atoms with van der Waals surface area (Å²) < 4.78 is 23.8. The van der Waals surface area contributed by atoms with Crippen LogP contribution in [0.25, 0.3) is 38.1 Å². The zero-order valence-electron chi connectivity index (χ0n) is 22.8. The Morgan fingerprint density at radius 1 is 1.00 bits per heavy atom. The molecule has 7 rings (SSSR count). The zero-order chi connectivity index (χ0) is 26.8.